The van der Waals surface area contributed by atoms with Gasteiger partial charge in [-0.1, -0.05) is 17.8 Å². The van der Waals surface area contributed by atoms with Gasteiger partial charge in [-0.2, -0.15) is 8.42 Å². The molecule has 0 saturated carbocycles. The number of carbonyl (C=O) groups excluding carboxylic acids is 2. The van der Waals surface area contributed by atoms with Crippen LogP contribution in [0.25, 0.3) is 0 Å². The van der Waals surface area contributed by atoms with Gasteiger partial charge in [0.2, 0.25) is 11.8 Å². The molecule has 31 heavy (non-hydrogen) atoms. The molecule has 7 nitrogen and oxygen atoms in total. The second-order valence-electron chi connectivity index (χ2n) is 6.41. The second-order valence-corrected chi connectivity index (χ2v) is 9.18. The average Bonchev–Trinajstić information content (AvgIpc) is 2.98. The molecule has 1 saturated heterocycles. The molecule has 1 atom stereocenters. The first-order valence-corrected chi connectivity index (χ1v) is 11.3. The van der Waals surface area contributed by atoms with Crippen molar-refractivity contribution in [2.75, 3.05) is 11.9 Å². The van der Waals surface area contributed by atoms with E-state index in [0.717, 1.165) is 40.9 Å². The van der Waals surface area contributed by atoms with E-state index < -0.39 is 38.7 Å². The number of sulfonamides is 1. The highest BCUT2D eigenvalue weighted by atomic mass is 32.2. The van der Waals surface area contributed by atoms with Crippen molar-refractivity contribution in [3.8, 4) is 0 Å². The number of nitrogens with one attached hydrogen (secondary N) is 1. The summed E-state index contributed by atoms with van der Waals surface area (Å²) in [4.78, 5) is 25.9. The summed E-state index contributed by atoms with van der Waals surface area (Å²) in [6, 6.07) is 9.24. The van der Waals surface area contributed by atoms with Crippen LogP contribution < -0.4 is 5.32 Å². The smallest absolute Gasteiger partial charge is 0.284 e. The molecule has 1 aliphatic rings. The number of carbonyl (C=O) groups is 2. The first-order chi connectivity index (χ1) is 14.7. The van der Waals surface area contributed by atoms with E-state index in [1.807, 2.05) is 0 Å². The largest absolute Gasteiger partial charge is 0.326 e. The van der Waals surface area contributed by atoms with Gasteiger partial charge in [-0.05, 0) is 48.5 Å². The van der Waals surface area contributed by atoms with Crippen LogP contribution in [0.5, 0.6) is 0 Å². The maximum Gasteiger partial charge on any atom is 0.284 e. The van der Waals surface area contributed by atoms with Gasteiger partial charge in [0, 0.05) is 18.7 Å². The lowest BCUT2D eigenvalue weighted by molar-refractivity contribution is -0.127. The number of hydrogen-bond donors (Lipinski definition) is 1. The zero-order chi connectivity index (χ0) is 22.6. The van der Waals surface area contributed by atoms with Crippen LogP contribution in [0, 0.1) is 11.6 Å². The Morgan fingerprint density at radius 3 is 2.29 bits per heavy atom. The lowest BCUT2D eigenvalue weighted by Crippen LogP contribution is -2.33. The summed E-state index contributed by atoms with van der Waals surface area (Å²) in [6.07, 6.45) is 1.16. The highest BCUT2D eigenvalue weighted by Gasteiger charge is 2.39. The van der Waals surface area contributed by atoms with Gasteiger partial charge in [0.05, 0.1) is 4.90 Å². The number of amides is 2. The van der Waals surface area contributed by atoms with Crippen molar-refractivity contribution in [2.24, 2.45) is 4.40 Å². The first kappa shape index (κ1) is 22.6. The highest BCUT2D eigenvalue weighted by Crippen LogP contribution is 2.31. The van der Waals surface area contributed by atoms with Gasteiger partial charge in [-0.25, -0.2) is 8.78 Å². The fourth-order valence-electron chi connectivity index (χ4n) is 2.68. The number of amidine groups is 1. The third-order valence-electron chi connectivity index (χ3n) is 4.14. The highest BCUT2D eigenvalue weighted by molar-refractivity contribution is 8.16. The molecule has 1 fully saturated rings. The zero-order valence-electron chi connectivity index (χ0n) is 16.0. The van der Waals surface area contributed by atoms with E-state index in [4.69, 9.17) is 0 Å². The fourth-order valence-corrected chi connectivity index (χ4v) is 5.05. The molecule has 0 unspecified atom stereocenters. The molecule has 2 amide bonds. The molecule has 1 N–H and O–H groups in total. The summed E-state index contributed by atoms with van der Waals surface area (Å²) in [6.45, 7) is 3.55. The number of halogens is 2. The summed E-state index contributed by atoms with van der Waals surface area (Å²) < 4.78 is 54.9. The zero-order valence-corrected chi connectivity index (χ0v) is 17.6. The molecule has 11 heteroatoms. The van der Waals surface area contributed by atoms with E-state index in [-0.39, 0.29) is 23.0 Å². The van der Waals surface area contributed by atoms with Crippen LogP contribution in [-0.4, -0.2) is 42.1 Å². The molecule has 0 aliphatic carbocycles. The van der Waals surface area contributed by atoms with Crippen molar-refractivity contribution in [1.82, 2.24) is 4.90 Å². The topological polar surface area (TPSA) is 95.9 Å². The molecule has 2 aromatic rings. The number of benzene rings is 2. The van der Waals surface area contributed by atoms with E-state index in [0.29, 0.717) is 5.69 Å². The van der Waals surface area contributed by atoms with E-state index >= 15 is 0 Å². The maximum atomic E-state index is 13.1. The number of thioether (sulfide) groups is 1. The third-order valence-corrected chi connectivity index (χ3v) is 6.71. The Morgan fingerprint density at radius 1 is 1.13 bits per heavy atom. The van der Waals surface area contributed by atoms with E-state index in [2.05, 4.69) is 16.3 Å². The Balaban J connectivity index is 1.78. The molecular weight excluding hydrogens is 448 g/mol. The van der Waals surface area contributed by atoms with Crippen LogP contribution in [0.1, 0.15) is 6.42 Å². The van der Waals surface area contributed by atoms with Crippen molar-refractivity contribution in [3.05, 3.63) is 72.8 Å². The van der Waals surface area contributed by atoms with Crippen LogP contribution in [0.3, 0.4) is 0 Å². The molecule has 0 aromatic heterocycles. The van der Waals surface area contributed by atoms with Crippen molar-refractivity contribution in [1.29, 1.82) is 0 Å². The lowest BCUT2D eigenvalue weighted by Gasteiger charge is -2.13. The van der Waals surface area contributed by atoms with Crippen LogP contribution in [0.4, 0.5) is 14.5 Å². The Morgan fingerprint density at radius 2 is 1.71 bits per heavy atom. The Kier molecular flexibility index (Phi) is 6.86. The van der Waals surface area contributed by atoms with E-state index in [1.165, 1.54) is 30.3 Å². The molecule has 162 valence electrons. The minimum atomic E-state index is -4.20. The van der Waals surface area contributed by atoms with Crippen molar-refractivity contribution in [2.45, 2.75) is 16.6 Å². The van der Waals surface area contributed by atoms with Crippen LogP contribution in [0.15, 0.2) is 70.5 Å². The predicted octanol–water partition coefficient (Wildman–Crippen LogP) is 3.17. The van der Waals surface area contributed by atoms with Gasteiger partial charge in [0.25, 0.3) is 10.0 Å². The van der Waals surface area contributed by atoms with E-state index in [9.17, 15) is 26.8 Å². The van der Waals surface area contributed by atoms with Crippen LogP contribution >= 0.6 is 11.8 Å². The summed E-state index contributed by atoms with van der Waals surface area (Å²) in [5.41, 5.74) is 0.359. The Hall–Kier alpha value is -3.05. The van der Waals surface area contributed by atoms with E-state index in [1.54, 1.807) is 0 Å². The SMILES string of the molecule is C=CCN1C(=O)[C@H](CC(=O)Nc2ccc(F)cc2)SC1=NS(=O)(=O)c1ccc(F)cc1. The third kappa shape index (κ3) is 5.56. The molecule has 1 heterocycles. The quantitative estimate of drug-likeness (QED) is 0.634. The molecule has 0 spiro atoms. The molecule has 1 aliphatic heterocycles. The van der Waals surface area contributed by atoms with Gasteiger partial charge < -0.3 is 5.32 Å². The van der Waals surface area contributed by atoms with Crippen LogP contribution in [-0.2, 0) is 19.6 Å². The summed E-state index contributed by atoms with van der Waals surface area (Å²) in [5.74, 6) is -2.05. The standard InChI is InChI=1S/C20H17F2N3O4S2/c1-2-11-25-19(27)17(12-18(26)23-15-7-3-13(21)4-8-15)30-20(25)24-31(28,29)16-9-5-14(22)6-10-16/h2-10,17H,1,11-12H2,(H,23,26)/t17-/m0/s1. The molecule has 0 radical (unpaired) electrons. The Bertz CT molecular complexity index is 1130. The fraction of sp³-hybridized carbons (Fsp3) is 0.150. The molecule has 2 aromatic carbocycles. The van der Waals surface area contributed by atoms with Gasteiger partial charge >= 0.3 is 0 Å². The normalized spacial score (nSPS) is 17.7. The monoisotopic (exact) mass is 465 g/mol. The van der Waals surface area contributed by atoms with Gasteiger partial charge in [-0.3, -0.25) is 14.5 Å². The number of hydrogen-bond acceptors (Lipinski definition) is 5. The van der Waals surface area contributed by atoms with Gasteiger partial charge in [-0.15, -0.1) is 11.0 Å². The second kappa shape index (κ2) is 9.40. The average molecular weight is 466 g/mol. The number of nitrogens with zero attached hydrogens (tertiary/aromatic N) is 2. The predicted molar refractivity (Wildman–Crippen MR) is 114 cm³/mol. The van der Waals surface area contributed by atoms with Gasteiger partial charge in [0.1, 0.15) is 16.9 Å². The maximum absolute atomic E-state index is 13.1. The van der Waals surface area contributed by atoms with Crippen molar-refractivity contribution in [3.63, 3.8) is 0 Å². The summed E-state index contributed by atoms with van der Waals surface area (Å²) in [7, 11) is -4.20. The molecule has 3 rings (SSSR count). The minimum Gasteiger partial charge on any atom is -0.326 e. The van der Waals surface area contributed by atoms with Crippen LogP contribution in [0.2, 0.25) is 0 Å². The minimum absolute atomic E-state index is 0.000312. The summed E-state index contributed by atoms with van der Waals surface area (Å²) >= 11 is 0.837. The van der Waals surface area contributed by atoms with Gasteiger partial charge in [0.15, 0.2) is 5.17 Å². The first-order valence-electron chi connectivity index (χ1n) is 8.94. The van der Waals surface area contributed by atoms with Crippen molar-refractivity contribution >= 4 is 44.5 Å². The number of rotatable bonds is 7. The summed E-state index contributed by atoms with van der Waals surface area (Å²) in [5, 5.41) is 1.55. The van der Waals surface area contributed by atoms with Crippen molar-refractivity contribution < 1.29 is 26.8 Å². The number of anilines is 1. The molecule has 0 bridgehead atoms. The Labute approximate surface area is 181 Å². The molecular formula is C20H17F2N3O4S2. The lowest BCUT2D eigenvalue weighted by atomic mass is 10.2.